The van der Waals surface area contributed by atoms with Gasteiger partial charge in [0.2, 0.25) is 0 Å². The van der Waals surface area contributed by atoms with Gasteiger partial charge in [-0.05, 0) is 44.2 Å². The van der Waals surface area contributed by atoms with Crippen molar-refractivity contribution < 1.29 is 0 Å². The van der Waals surface area contributed by atoms with Crippen LogP contribution in [0.15, 0.2) is 0 Å². The first-order valence-corrected chi connectivity index (χ1v) is 6.32. The zero-order valence-electron chi connectivity index (χ0n) is 10.6. The molecule has 0 aromatic carbocycles. The quantitative estimate of drug-likeness (QED) is 0.631. The van der Waals surface area contributed by atoms with Crippen LogP contribution < -0.4 is 0 Å². The maximum atomic E-state index is 2.57. The van der Waals surface area contributed by atoms with Gasteiger partial charge in [-0.15, -0.1) is 0 Å². The van der Waals surface area contributed by atoms with Crippen molar-refractivity contribution in [1.82, 2.24) is 4.90 Å². The molecule has 0 amide bonds. The van der Waals surface area contributed by atoms with E-state index in [1.54, 1.807) is 0 Å². The second kappa shape index (κ2) is 5.16. The zero-order chi connectivity index (χ0) is 10.7. The van der Waals surface area contributed by atoms with Crippen molar-refractivity contribution in [3.63, 3.8) is 0 Å². The summed E-state index contributed by atoms with van der Waals surface area (Å²) in [5.41, 5.74) is 0. The van der Waals surface area contributed by atoms with Crippen LogP contribution in [0.3, 0.4) is 0 Å². The van der Waals surface area contributed by atoms with Gasteiger partial charge in [0.1, 0.15) is 0 Å². The summed E-state index contributed by atoms with van der Waals surface area (Å²) in [6.07, 6.45) is 4.07. The molecular formula is C13H27N. The van der Waals surface area contributed by atoms with Crippen LogP contribution in [-0.2, 0) is 0 Å². The van der Waals surface area contributed by atoms with Crippen LogP contribution in [0.2, 0.25) is 0 Å². The molecule has 1 aliphatic rings. The van der Waals surface area contributed by atoms with Gasteiger partial charge in [-0.25, -0.2) is 0 Å². The summed E-state index contributed by atoms with van der Waals surface area (Å²) in [6, 6.07) is 0.893. The molecule has 1 saturated carbocycles. The normalized spacial score (nSPS) is 33.4. The molecular weight excluding hydrogens is 170 g/mol. The Balaban J connectivity index is 2.30. The van der Waals surface area contributed by atoms with Crippen LogP contribution in [0.25, 0.3) is 0 Å². The van der Waals surface area contributed by atoms with Crippen molar-refractivity contribution >= 4 is 0 Å². The van der Waals surface area contributed by atoms with E-state index in [1.165, 1.54) is 25.8 Å². The summed E-state index contributed by atoms with van der Waals surface area (Å²) in [7, 11) is 2.29. The Hall–Kier alpha value is -0.0400. The second-order valence-electron chi connectivity index (χ2n) is 5.24. The van der Waals surface area contributed by atoms with E-state index in [0.29, 0.717) is 0 Å². The molecule has 0 bridgehead atoms. The Kier molecular flexibility index (Phi) is 4.43. The standard InChI is InChI=1S/C13H27N/c1-6-8-14(5)13-11(4)12(13)9-10(3)7-2/h10-13H,6-9H2,1-5H3. The fourth-order valence-corrected chi connectivity index (χ4v) is 2.74. The Labute approximate surface area is 89.9 Å². The fraction of sp³-hybridized carbons (Fsp3) is 1.00. The maximum Gasteiger partial charge on any atom is 0.0152 e. The number of nitrogens with zero attached hydrogens (tertiary/aromatic N) is 1. The minimum Gasteiger partial charge on any atom is -0.303 e. The Morgan fingerprint density at radius 2 is 1.93 bits per heavy atom. The number of hydrogen-bond donors (Lipinski definition) is 0. The van der Waals surface area contributed by atoms with Crippen LogP contribution in [0.4, 0.5) is 0 Å². The van der Waals surface area contributed by atoms with Crippen molar-refractivity contribution in [3.05, 3.63) is 0 Å². The lowest BCUT2D eigenvalue weighted by molar-refractivity contribution is 0.294. The van der Waals surface area contributed by atoms with Gasteiger partial charge in [0.15, 0.2) is 0 Å². The highest BCUT2D eigenvalue weighted by Gasteiger charge is 2.48. The van der Waals surface area contributed by atoms with Gasteiger partial charge in [0, 0.05) is 6.04 Å². The third-order valence-electron chi connectivity index (χ3n) is 3.97. The lowest BCUT2D eigenvalue weighted by Crippen LogP contribution is -2.24. The van der Waals surface area contributed by atoms with E-state index in [2.05, 4.69) is 39.6 Å². The molecule has 0 heterocycles. The second-order valence-corrected chi connectivity index (χ2v) is 5.24. The van der Waals surface area contributed by atoms with Crippen molar-refractivity contribution in [2.24, 2.45) is 17.8 Å². The molecule has 1 rings (SSSR count). The van der Waals surface area contributed by atoms with Crippen molar-refractivity contribution in [3.8, 4) is 0 Å². The van der Waals surface area contributed by atoms with Crippen molar-refractivity contribution in [1.29, 1.82) is 0 Å². The smallest absolute Gasteiger partial charge is 0.0152 e. The largest absolute Gasteiger partial charge is 0.303 e. The average molecular weight is 197 g/mol. The van der Waals surface area contributed by atoms with Gasteiger partial charge in [-0.2, -0.15) is 0 Å². The molecule has 4 atom stereocenters. The Morgan fingerprint density at radius 3 is 2.43 bits per heavy atom. The van der Waals surface area contributed by atoms with Gasteiger partial charge >= 0.3 is 0 Å². The molecule has 0 N–H and O–H groups in total. The third kappa shape index (κ3) is 2.73. The van der Waals surface area contributed by atoms with E-state index in [-0.39, 0.29) is 0 Å². The summed E-state index contributed by atoms with van der Waals surface area (Å²) in [5.74, 6) is 2.85. The predicted octanol–water partition coefficient (Wildman–Crippen LogP) is 3.40. The minimum absolute atomic E-state index is 0.893. The molecule has 1 nitrogen and oxygen atoms in total. The summed E-state index contributed by atoms with van der Waals surface area (Å²) in [5, 5.41) is 0. The first-order valence-electron chi connectivity index (χ1n) is 6.32. The first kappa shape index (κ1) is 12.0. The highest BCUT2D eigenvalue weighted by atomic mass is 15.2. The van der Waals surface area contributed by atoms with Gasteiger partial charge < -0.3 is 4.90 Å². The van der Waals surface area contributed by atoms with E-state index in [4.69, 9.17) is 0 Å². The van der Waals surface area contributed by atoms with Crippen LogP contribution in [0, 0.1) is 17.8 Å². The highest BCUT2D eigenvalue weighted by Crippen LogP contribution is 2.46. The lowest BCUT2D eigenvalue weighted by atomic mass is 10.0. The summed E-state index contributed by atoms with van der Waals surface area (Å²) < 4.78 is 0. The minimum atomic E-state index is 0.893. The van der Waals surface area contributed by atoms with E-state index < -0.39 is 0 Å². The topological polar surface area (TPSA) is 3.24 Å². The van der Waals surface area contributed by atoms with Crippen molar-refractivity contribution in [2.45, 2.75) is 53.0 Å². The summed E-state index contributed by atoms with van der Waals surface area (Å²) in [4.78, 5) is 2.57. The van der Waals surface area contributed by atoms with Gasteiger partial charge in [-0.1, -0.05) is 34.1 Å². The summed E-state index contributed by atoms with van der Waals surface area (Å²) >= 11 is 0. The summed E-state index contributed by atoms with van der Waals surface area (Å²) in [6.45, 7) is 10.7. The average Bonchev–Trinajstić information content (AvgIpc) is 2.77. The van der Waals surface area contributed by atoms with Gasteiger partial charge in [0.25, 0.3) is 0 Å². The van der Waals surface area contributed by atoms with E-state index in [9.17, 15) is 0 Å². The molecule has 1 aliphatic carbocycles. The maximum absolute atomic E-state index is 2.57. The lowest BCUT2D eigenvalue weighted by Gasteiger charge is -2.16. The van der Waals surface area contributed by atoms with Gasteiger partial charge in [0.05, 0.1) is 0 Å². The molecule has 84 valence electrons. The molecule has 1 fully saturated rings. The molecule has 0 aromatic heterocycles. The zero-order valence-corrected chi connectivity index (χ0v) is 10.6. The third-order valence-corrected chi connectivity index (χ3v) is 3.97. The van der Waals surface area contributed by atoms with E-state index in [0.717, 1.165) is 23.8 Å². The molecule has 0 aliphatic heterocycles. The van der Waals surface area contributed by atoms with Gasteiger partial charge in [-0.3, -0.25) is 0 Å². The van der Waals surface area contributed by atoms with Crippen LogP contribution in [0.5, 0.6) is 0 Å². The molecule has 0 spiro atoms. The van der Waals surface area contributed by atoms with E-state index >= 15 is 0 Å². The highest BCUT2D eigenvalue weighted by molar-refractivity contribution is 5.01. The Morgan fingerprint density at radius 1 is 1.29 bits per heavy atom. The SMILES string of the molecule is CCCN(C)C1C(C)C1CC(C)CC. The monoisotopic (exact) mass is 197 g/mol. The predicted molar refractivity (Wildman–Crippen MR) is 63.4 cm³/mol. The van der Waals surface area contributed by atoms with Crippen LogP contribution in [0.1, 0.15) is 47.0 Å². The Bertz CT molecular complexity index is 167. The molecule has 0 radical (unpaired) electrons. The molecule has 14 heavy (non-hydrogen) atoms. The van der Waals surface area contributed by atoms with Crippen LogP contribution >= 0.6 is 0 Å². The molecule has 0 saturated heterocycles. The van der Waals surface area contributed by atoms with Crippen molar-refractivity contribution in [2.75, 3.05) is 13.6 Å². The first-order chi connectivity index (χ1) is 6.61. The number of hydrogen-bond acceptors (Lipinski definition) is 1. The molecule has 1 heteroatoms. The van der Waals surface area contributed by atoms with E-state index in [1.807, 2.05) is 0 Å². The van der Waals surface area contributed by atoms with Crippen LogP contribution in [-0.4, -0.2) is 24.5 Å². The molecule has 0 aromatic rings. The molecule has 4 unspecified atom stereocenters. The fourth-order valence-electron chi connectivity index (χ4n) is 2.74. The number of rotatable bonds is 6.